The number of esters is 1. The molecule has 1 aliphatic carbocycles. The number of carbonyl (C=O) groups excluding carboxylic acids is 3. The monoisotopic (exact) mass is 473 g/mol. The molecule has 2 N–H and O–H groups in total. The molecule has 1 saturated carbocycles. The summed E-state index contributed by atoms with van der Waals surface area (Å²) in [6, 6.07) is 0.417. The summed E-state index contributed by atoms with van der Waals surface area (Å²) in [5.74, 6) is -3.97. The summed E-state index contributed by atoms with van der Waals surface area (Å²) in [5, 5.41) is 5.95. The van der Waals surface area contributed by atoms with E-state index < -0.39 is 41.5 Å². The minimum Gasteiger partial charge on any atom is -0.469 e. The number of rotatable bonds is 5. The normalized spacial score (nSPS) is 26.4. The lowest BCUT2D eigenvalue weighted by Gasteiger charge is -2.41. The van der Waals surface area contributed by atoms with Crippen LogP contribution in [0, 0.1) is 5.92 Å². The fourth-order valence-electron chi connectivity index (χ4n) is 4.68. The first-order valence-electron chi connectivity index (χ1n) is 10.9. The Morgan fingerprint density at radius 3 is 2.42 bits per heavy atom. The second-order valence-electron chi connectivity index (χ2n) is 9.61. The van der Waals surface area contributed by atoms with E-state index in [-0.39, 0.29) is 30.0 Å². The molecule has 33 heavy (non-hydrogen) atoms. The lowest BCUT2D eigenvalue weighted by Crippen LogP contribution is -2.55. The van der Waals surface area contributed by atoms with Crippen LogP contribution < -0.4 is 10.6 Å². The third-order valence-corrected chi connectivity index (χ3v) is 6.01. The number of hydrogen-bond donors (Lipinski definition) is 2. The zero-order valence-electron chi connectivity index (χ0n) is 19.1. The first kappa shape index (κ1) is 25.1. The van der Waals surface area contributed by atoms with Crippen LogP contribution in [0.2, 0.25) is 0 Å². The molecule has 2 amide bonds. The van der Waals surface area contributed by atoms with Gasteiger partial charge in [0.2, 0.25) is 11.7 Å². The summed E-state index contributed by atoms with van der Waals surface area (Å²) in [6.45, 7) is 6.45. The Labute approximate surface area is 190 Å². The van der Waals surface area contributed by atoms with Gasteiger partial charge in [-0.15, -0.1) is 0 Å². The molecule has 2 fully saturated rings. The zero-order valence-corrected chi connectivity index (χ0v) is 19.1. The number of amides is 2. The number of nitrogens with one attached hydrogen (secondary N) is 2. The molecule has 8 nitrogen and oxygen atoms in total. The van der Waals surface area contributed by atoms with Crippen LogP contribution in [0.15, 0.2) is 16.5 Å². The van der Waals surface area contributed by atoms with Crippen LogP contribution >= 0.6 is 0 Å². The molecule has 11 heteroatoms. The van der Waals surface area contributed by atoms with Crippen LogP contribution in [0.3, 0.4) is 0 Å². The predicted molar refractivity (Wildman–Crippen MR) is 111 cm³/mol. The maximum Gasteiger partial charge on any atom is 0.449 e. The van der Waals surface area contributed by atoms with Crippen LogP contribution in [0.5, 0.6) is 0 Å². The standard InChI is InChI=1S/C22H30F3N3O5/c1-21(2,3)27-12-5-6-15(13(11-12)20(31)32-4)28-10-9-14(19(28)30)26-18(29)16-7-8-17(33-16)22(23,24)25/h7-8,12-15,27H,5-6,9-11H2,1-4H3,(H,26,29)/t12-,13-,14+,15+/m1/s1. The summed E-state index contributed by atoms with van der Waals surface area (Å²) < 4.78 is 47.7. The van der Waals surface area contributed by atoms with Crippen molar-refractivity contribution >= 4 is 17.8 Å². The van der Waals surface area contributed by atoms with Gasteiger partial charge in [0.05, 0.1) is 13.0 Å². The Morgan fingerprint density at radius 2 is 1.85 bits per heavy atom. The Morgan fingerprint density at radius 1 is 1.15 bits per heavy atom. The summed E-state index contributed by atoms with van der Waals surface area (Å²) in [5.41, 5.74) is -0.130. The third kappa shape index (κ3) is 5.87. The van der Waals surface area contributed by atoms with E-state index in [4.69, 9.17) is 4.74 Å². The average molecular weight is 473 g/mol. The molecular weight excluding hydrogens is 443 g/mol. The molecule has 1 saturated heterocycles. The minimum absolute atomic E-state index is 0.0975. The molecule has 2 aliphatic rings. The Hall–Kier alpha value is -2.56. The van der Waals surface area contributed by atoms with Crippen molar-refractivity contribution in [3.63, 3.8) is 0 Å². The van der Waals surface area contributed by atoms with Crippen molar-refractivity contribution in [3.05, 3.63) is 23.7 Å². The van der Waals surface area contributed by atoms with Gasteiger partial charge in [-0.05, 0) is 58.6 Å². The number of alkyl halides is 3. The van der Waals surface area contributed by atoms with Gasteiger partial charge in [-0.3, -0.25) is 14.4 Å². The number of hydrogen-bond acceptors (Lipinski definition) is 6. The lowest BCUT2D eigenvalue weighted by atomic mass is 9.80. The molecule has 3 rings (SSSR count). The Balaban J connectivity index is 1.67. The first-order valence-corrected chi connectivity index (χ1v) is 10.9. The molecule has 1 aliphatic heterocycles. The van der Waals surface area contributed by atoms with Crippen molar-refractivity contribution in [1.29, 1.82) is 0 Å². The van der Waals surface area contributed by atoms with Gasteiger partial charge in [0.15, 0.2) is 5.76 Å². The molecule has 2 heterocycles. The molecule has 1 aromatic heterocycles. The zero-order chi connectivity index (χ0) is 24.6. The Kier molecular flexibility index (Phi) is 7.11. The summed E-state index contributed by atoms with van der Waals surface area (Å²) >= 11 is 0. The van der Waals surface area contributed by atoms with Gasteiger partial charge in [0, 0.05) is 24.2 Å². The smallest absolute Gasteiger partial charge is 0.449 e. The molecule has 0 radical (unpaired) electrons. The van der Waals surface area contributed by atoms with Crippen molar-refractivity contribution < 1.29 is 36.7 Å². The van der Waals surface area contributed by atoms with Crippen molar-refractivity contribution in [2.24, 2.45) is 5.92 Å². The fourth-order valence-corrected chi connectivity index (χ4v) is 4.68. The van der Waals surface area contributed by atoms with Crippen LogP contribution in [0.4, 0.5) is 13.2 Å². The van der Waals surface area contributed by atoms with Gasteiger partial charge in [0.1, 0.15) is 6.04 Å². The summed E-state index contributed by atoms with van der Waals surface area (Å²) in [7, 11) is 1.31. The number of halogens is 3. The highest BCUT2D eigenvalue weighted by Gasteiger charge is 2.45. The van der Waals surface area contributed by atoms with E-state index in [0.717, 1.165) is 12.5 Å². The average Bonchev–Trinajstić information content (AvgIpc) is 3.34. The fraction of sp³-hybridized carbons (Fsp3) is 0.682. The number of nitrogens with zero attached hydrogens (tertiary/aromatic N) is 1. The van der Waals surface area contributed by atoms with Gasteiger partial charge in [-0.2, -0.15) is 13.2 Å². The maximum atomic E-state index is 13.0. The number of furan rings is 1. The van der Waals surface area contributed by atoms with E-state index >= 15 is 0 Å². The van der Waals surface area contributed by atoms with Crippen LogP contribution in [0.1, 0.15) is 62.8 Å². The molecule has 1 aromatic rings. The quantitative estimate of drug-likeness (QED) is 0.638. The minimum atomic E-state index is -4.71. The molecule has 0 unspecified atom stereocenters. The lowest BCUT2D eigenvalue weighted by molar-refractivity contribution is -0.153. The molecule has 0 aromatic carbocycles. The number of methoxy groups -OCH3 is 1. The van der Waals surface area contributed by atoms with Crippen molar-refractivity contribution in [2.45, 2.75) is 76.3 Å². The second kappa shape index (κ2) is 9.36. The predicted octanol–water partition coefficient (Wildman–Crippen LogP) is 2.73. The highest BCUT2D eigenvalue weighted by molar-refractivity contribution is 5.96. The van der Waals surface area contributed by atoms with Crippen LogP contribution in [0.25, 0.3) is 0 Å². The van der Waals surface area contributed by atoms with E-state index in [9.17, 15) is 27.6 Å². The molecule has 184 valence electrons. The highest BCUT2D eigenvalue weighted by Crippen LogP contribution is 2.34. The van der Waals surface area contributed by atoms with E-state index in [1.807, 2.05) is 20.8 Å². The van der Waals surface area contributed by atoms with E-state index in [0.29, 0.717) is 25.5 Å². The third-order valence-electron chi connectivity index (χ3n) is 6.01. The van der Waals surface area contributed by atoms with Crippen molar-refractivity contribution in [3.8, 4) is 0 Å². The molecule has 0 bridgehead atoms. The van der Waals surface area contributed by atoms with Gasteiger partial charge in [-0.1, -0.05) is 0 Å². The van der Waals surface area contributed by atoms with Crippen molar-refractivity contribution in [2.75, 3.05) is 13.7 Å². The van der Waals surface area contributed by atoms with Gasteiger partial charge in [-0.25, -0.2) is 0 Å². The number of likely N-dealkylation sites (tertiary alicyclic amines) is 1. The van der Waals surface area contributed by atoms with E-state index in [1.165, 1.54) is 7.11 Å². The summed E-state index contributed by atoms with van der Waals surface area (Å²) in [6.07, 6.45) is -2.55. The number of carbonyl (C=O) groups is 3. The number of ether oxygens (including phenoxy) is 1. The topological polar surface area (TPSA) is 101 Å². The van der Waals surface area contributed by atoms with Crippen LogP contribution in [-0.4, -0.2) is 60.0 Å². The van der Waals surface area contributed by atoms with Gasteiger partial charge in [0.25, 0.3) is 5.91 Å². The first-order chi connectivity index (χ1) is 15.3. The largest absolute Gasteiger partial charge is 0.469 e. The molecule has 0 spiro atoms. The summed E-state index contributed by atoms with van der Waals surface area (Å²) in [4.78, 5) is 39.5. The SMILES string of the molecule is COC(=O)[C@@H]1C[C@H](NC(C)(C)C)CC[C@@H]1N1CC[C@H](NC(=O)c2ccc(C(F)(F)F)o2)C1=O. The van der Waals surface area contributed by atoms with E-state index in [1.54, 1.807) is 4.90 Å². The highest BCUT2D eigenvalue weighted by atomic mass is 19.4. The Bertz CT molecular complexity index is 893. The van der Waals surface area contributed by atoms with Crippen molar-refractivity contribution in [1.82, 2.24) is 15.5 Å². The molecular formula is C22H30F3N3O5. The molecule has 4 atom stereocenters. The van der Waals surface area contributed by atoms with E-state index in [2.05, 4.69) is 15.1 Å². The van der Waals surface area contributed by atoms with Gasteiger partial charge >= 0.3 is 12.1 Å². The second-order valence-corrected chi connectivity index (χ2v) is 9.61. The van der Waals surface area contributed by atoms with Crippen LogP contribution in [-0.2, 0) is 20.5 Å². The maximum absolute atomic E-state index is 13.0. The van der Waals surface area contributed by atoms with Gasteiger partial charge < -0.3 is 24.7 Å².